The molecule has 0 saturated carbocycles. The lowest BCUT2D eigenvalue weighted by atomic mass is 9.96. The van der Waals surface area contributed by atoms with Crippen LogP contribution in [0.2, 0.25) is 0 Å². The molecule has 2 heteroatoms. The summed E-state index contributed by atoms with van der Waals surface area (Å²) in [6, 6.07) is 29.1. The quantitative estimate of drug-likeness (QED) is 0.436. The highest BCUT2D eigenvalue weighted by molar-refractivity contribution is 6.01. The van der Waals surface area contributed by atoms with Crippen LogP contribution in [0.1, 0.15) is 11.4 Å². The molecule has 28 heavy (non-hydrogen) atoms. The van der Waals surface area contributed by atoms with E-state index in [4.69, 9.17) is 0 Å². The van der Waals surface area contributed by atoms with Crippen molar-refractivity contribution in [3.05, 3.63) is 119 Å². The van der Waals surface area contributed by atoms with Gasteiger partial charge in [0.05, 0.1) is 11.4 Å². The van der Waals surface area contributed by atoms with E-state index in [2.05, 4.69) is 70.7 Å². The summed E-state index contributed by atoms with van der Waals surface area (Å²) in [5.74, 6) is 0. The van der Waals surface area contributed by atoms with Crippen LogP contribution in [-0.2, 0) is 0 Å². The Morgan fingerprint density at radius 1 is 0.429 bits per heavy atom. The molecule has 0 aliphatic carbocycles. The zero-order chi connectivity index (χ0) is 18.8. The van der Waals surface area contributed by atoms with E-state index in [1.165, 1.54) is 32.0 Å². The van der Waals surface area contributed by atoms with Gasteiger partial charge in [0.15, 0.2) is 0 Å². The van der Waals surface area contributed by atoms with Crippen molar-refractivity contribution in [2.24, 2.45) is 0 Å². The Morgan fingerprint density at radius 3 is 1.11 bits per heavy atom. The van der Waals surface area contributed by atoms with E-state index in [9.17, 15) is 0 Å². The molecule has 0 aliphatic rings. The molecule has 0 atom stereocenters. The van der Waals surface area contributed by atoms with Gasteiger partial charge in [-0.25, -0.2) is 0 Å². The molecule has 2 nitrogen and oxygen atoms in total. The topological polar surface area (TPSA) is 25.8 Å². The normalized spacial score (nSPS) is 10.9. The number of hydrogen-bond donors (Lipinski definition) is 0. The molecule has 0 fully saturated rings. The molecule has 0 radical (unpaired) electrons. The van der Waals surface area contributed by atoms with Gasteiger partial charge < -0.3 is 0 Å². The minimum Gasteiger partial charge on any atom is -0.257 e. The van der Waals surface area contributed by atoms with Crippen molar-refractivity contribution in [3.63, 3.8) is 0 Å². The predicted octanol–water partition coefficient (Wildman–Crippen LogP) is 4.44. The number of fused-ring (bicyclic) bond motifs is 2. The molecule has 5 rings (SSSR count). The fourth-order valence-electron chi connectivity index (χ4n) is 3.73. The third kappa shape index (κ3) is 2.95. The number of rotatable bonds is 2. The van der Waals surface area contributed by atoms with Gasteiger partial charge in [-0.3, -0.25) is 9.97 Å². The number of benzene rings is 3. The second-order valence-electron chi connectivity index (χ2n) is 6.72. The molecule has 0 aliphatic heterocycles. The van der Waals surface area contributed by atoms with Crippen molar-refractivity contribution in [1.29, 1.82) is 0 Å². The van der Waals surface area contributed by atoms with E-state index in [0.717, 1.165) is 11.4 Å². The largest absolute Gasteiger partial charge is 0.257 e. The van der Waals surface area contributed by atoms with Gasteiger partial charge in [-0.15, -0.1) is 0 Å². The molecule has 0 N–H and O–H groups in total. The smallest absolute Gasteiger partial charge is 0.0636 e. The molecule has 0 unspecified atom stereocenters. The van der Waals surface area contributed by atoms with Crippen LogP contribution in [0.15, 0.2) is 97.3 Å². The Balaban J connectivity index is 1.98. The molecule has 5 aromatic rings. The van der Waals surface area contributed by atoms with Crippen LogP contribution < -0.4 is 10.4 Å². The Kier molecular flexibility index (Phi) is 4.15. The summed E-state index contributed by atoms with van der Waals surface area (Å²) in [5.41, 5.74) is 1.92. The minimum atomic E-state index is 0.958. The molecule has 0 bridgehead atoms. The first-order valence-corrected chi connectivity index (χ1v) is 9.35. The van der Waals surface area contributed by atoms with Gasteiger partial charge in [0, 0.05) is 12.4 Å². The van der Waals surface area contributed by atoms with E-state index < -0.39 is 0 Å². The summed E-state index contributed by atoms with van der Waals surface area (Å²) >= 11 is 0. The van der Waals surface area contributed by atoms with Crippen molar-refractivity contribution in [2.45, 2.75) is 0 Å². The summed E-state index contributed by atoms with van der Waals surface area (Å²) in [4.78, 5) is 9.01. The van der Waals surface area contributed by atoms with E-state index >= 15 is 0 Å². The zero-order valence-electron chi connectivity index (χ0n) is 15.3. The van der Waals surface area contributed by atoms with Gasteiger partial charge in [0.2, 0.25) is 0 Å². The molecule has 132 valence electrons. The Hall–Kier alpha value is -3.78. The van der Waals surface area contributed by atoms with Crippen molar-refractivity contribution < 1.29 is 0 Å². The van der Waals surface area contributed by atoms with Gasteiger partial charge in [0.1, 0.15) is 0 Å². The lowest BCUT2D eigenvalue weighted by molar-refractivity contribution is 1.29. The molecule has 2 aromatic heterocycles. The maximum Gasteiger partial charge on any atom is 0.0636 e. The van der Waals surface area contributed by atoms with E-state index in [0.29, 0.717) is 0 Å². The van der Waals surface area contributed by atoms with Gasteiger partial charge in [0.25, 0.3) is 0 Å². The average molecular weight is 358 g/mol. The predicted molar refractivity (Wildman–Crippen MR) is 116 cm³/mol. The van der Waals surface area contributed by atoms with Crippen molar-refractivity contribution in [2.75, 3.05) is 0 Å². The van der Waals surface area contributed by atoms with Crippen molar-refractivity contribution in [3.8, 4) is 0 Å². The summed E-state index contributed by atoms with van der Waals surface area (Å²) in [6.07, 6.45) is 8.02. The fraction of sp³-hybridized carbons (Fsp3) is 0. The van der Waals surface area contributed by atoms with E-state index in [1.54, 1.807) is 0 Å². The van der Waals surface area contributed by atoms with E-state index in [1.807, 2.05) is 48.8 Å². The number of nitrogens with zero attached hydrogens (tertiary/aromatic N) is 2. The molecule has 2 heterocycles. The van der Waals surface area contributed by atoms with Gasteiger partial charge >= 0.3 is 0 Å². The van der Waals surface area contributed by atoms with Gasteiger partial charge in [-0.2, -0.15) is 0 Å². The van der Waals surface area contributed by atoms with Crippen LogP contribution in [0, 0.1) is 0 Å². The van der Waals surface area contributed by atoms with Crippen LogP contribution in [0.4, 0.5) is 0 Å². The van der Waals surface area contributed by atoms with Crippen LogP contribution >= 0.6 is 0 Å². The first-order chi connectivity index (χ1) is 13.9. The number of hydrogen-bond acceptors (Lipinski definition) is 2. The second-order valence-corrected chi connectivity index (χ2v) is 6.72. The number of aromatic nitrogens is 2. The lowest BCUT2D eigenvalue weighted by Crippen LogP contribution is -2.15. The van der Waals surface area contributed by atoms with Crippen LogP contribution in [0.3, 0.4) is 0 Å². The van der Waals surface area contributed by atoms with Crippen molar-refractivity contribution in [1.82, 2.24) is 9.97 Å². The SMILES string of the molecule is C(c1ccccn1)=c1c2ccccc2c(=Cc2ccccn2)c2ccccc12. The minimum absolute atomic E-state index is 0.958. The highest BCUT2D eigenvalue weighted by atomic mass is 14.7. The maximum absolute atomic E-state index is 4.50. The highest BCUT2D eigenvalue weighted by Gasteiger charge is 2.06. The molecule has 0 amide bonds. The second kappa shape index (κ2) is 7.09. The van der Waals surface area contributed by atoms with Gasteiger partial charge in [-0.1, -0.05) is 60.7 Å². The Bertz CT molecular complexity index is 1220. The Labute approximate surface area is 163 Å². The molecular weight excluding hydrogens is 340 g/mol. The monoisotopic (exact) mass is 358 g/mol. The van der Waals surface area contributed by atoms with Crippen LogP contribution in [0.25, 0.3) is 33.7 Å². The third-order valence-corrected chi connectivity index (χ3v) is 4.97. The molecular formula is C26H18N2. The first-order valence-electron chi connectivity index (χ1n) is 9.35. The third-order valence-electron chi connectivity index (χ3n) is 4.97. The standard InChI is InChI=1S/C26H18N2/c1-2-12-22-21(11-1)25(17-19-9-5-7-15-27-19)23-13-3-4-14-24(23)26(22)18-20-10-6-8-16-28-20/h1-18H. The summed E-state index contributed by atoms with van der Waals surface area (Å²) in [7, 11) is 0. The highest BCUT2D eigenvalue weighted by Crippen LogP contribution is 2.15. The summed E-state index contributed by atoms with van der Waals surface area (Å²) in [5, 5.41) is 7.26. The fourth-order valence-corrected chi connectivity index (χ4v) is 3.73. The van der Waals surface area contributed by atoms with Crippen LogP contribution in [-0.4, -0.2) is 9.97 Å². The molecule has 0 saturated heterocycles. The summed E-state index contributed by atoms with van der Waals surface area (Å²) < 4.78 is 0. The molecule has 3 aromatic carbocycles. The Morgan fingerprint density at radius 2 is 0.786 bits per heavy atom. The lowest BCUT2D eigenvalue weighted by Gasteiger charge is -2.08. The van der Waals surface area contributed by atoms with E-state index in [-0.39, 0.29) is 0 Å². The van der Waals surface area contributed by atoms with Crippen LogP contribution in [0.5, 0.6) is 0 Å². The maximum atomic E-state index is 4.50. The summed E-state index contributed by atoms with van der Waals surface area (Å²) in [6.45, 7) is 0. The van der Waals surface area contributed by atoms with Crippen molar-refractivity contribution >= 4 is 33.7 Å². The molecule has 0 spiro atoms. The van der Waals surface area contributed by atoms with Gasteiger partial charge in [-0.05, 0) is 68.4 Å². The average Bonchev–Trinajstić information content (AvgIpc) is 2.77. The first kappa shape index (κ1) is 16.4. The zero-order valence-corrected chi connectivity index (χ0v) is 15.3. The number of pyridine rings is 2.